The van der Waals surface area contributed by atoms with E-state index in [-0.39, 0.29) is 6.04 Å². The van der Waals surface area contributed by atoms with Crippen LogP contribution in [0.1, 0.15) is 11.6 Å². The third kappa shape index (κ3) is 3.18. The van der Waals surface area contributed by atoms with E-state index in [0.29, 0.717) is 5.75 Å². The Kier molecular flexibility index (Phi) is 4.63. The van der Waals surface area contributed by atoms with Crippen LogP contribution in [-0.2, 0) is 10.8 Å². The molecule has 0 aliphatic carbocycles. The maximum atomic E-state index is 13.0. The first-order chi connectivity index (χ1) is 12.8. The molecule has 5 heteroatoms. The summed E-state index contributed by atoms with van der Waals surface area (Å²) in [7, 11) is 0.386. The molecule has 4 nitrogen and oxygen atoms in total. The van der Waals surface area contributed by atoms with Crippen molar-refractivity contribution in [3.05, 3.63) is 84.4 Å². The van der Waals surface area contributed by atoms with E-state index >= 15 is 0 Å². The average Bonchev–Trinajstić information content (AvgIpc) is 3.04. The van der Waals surface area contributed by atoms with Crippen LogP contribution >= 0.6 is 0 Å². The minimum atomic E-state index is -1.26. The van der Waals surface area contributed by atoms with Gasteiger partial charge in [-0.25, -0.2) is 0 Å². The van der Waals surface area contributed by atoms with Crippen LogP contribution in [0.3, 0.4) is 0 Å². The van der Waals surface area contributed by atoms with E-state index in [1.165, 1.54) is 0 Å². The molecular weight excluding hydrogens is 346 g/mol. The zero-order chi connectivity index (χ0) is 17.9. The van der Waals surface area contributed by atoms with E-state index in [2.05, 4.69) is 5.32 Å². The number of hydrogen-bond acceptors (Lipinski definition) is 4. The van der Waals surface area contributed by atoms with Crippen molar-refractivity contribution in [2.24, 2.45) is 0 Å². The standard InChI is InChI=1S/C21H19NO3S/c1-24-17-13-11-16(12-14-17)22-20(15-7-3-2-4-8-15)21-25-18-9-5-6-10-19(18)26(21)23/h2-14,20-22H,1H3/t20-,21-,26+/m1/s1. The molecule has 3 atom stereocenters. The van der Waals surface area contributed by atoms with Crippen LogP contribution in [0.2, 0.25) is 0 Å². The van der Waals surface area contributed by atoms with Gasteiger partial charge in [0.2, 0.25) is 5.44 Å². The first kappa shape index (κ1) is 16.7. The van der Waals surface area contributed by atoms with Crippen molar-refractivity contribution in [2.75, 3.05) is 12.4 Å². The minimum absolute atomic E-state index is 0.252. The molecule has 1 heterocycles. The second-order valence-corrected chi connectivity index (χ2v) is 7.49. The number of rotatable bonds is 5. The molecule has 3 aromatic rings. The molecule has 0 spiro atoms. The maximum absolute atomic E-state index is 13.0. The highest BCUT2D eigenvalue weighted by atomic mass is 32.2. The fraction of sp³-hybridized carbons (Fsp3) is 0.143. The lowest BCUT2D eigenvalue weighted by molar-refractivity contribution is 0.267. The average molecular weight is 365 g/mol. The van der Waals surface area contributed by atoms with Gasteiger partial charge in [-0.15, -0.1) is 0 Å². The molecule has 0 unspecified atom stereocenters. The molecule has 0 radical (unpaired) electrons. The SMILES string of the molecule is COc1ccc(N[C@H](c2ccccc2)[C@@H]2Oc3ccccc3[S@@]2=O)cc1. The van der Waals surface area contributed by atoms with Crippen LogP contribution in [0, 0.1) is 0 Å². The van der Waals surface area contributed by atoms with E-state index < -0.39 is 16.2 Å². The van der Waals surface area contributed by atoms with Gasteiger partial charge in [0.05, 0.1) is 12.0 Å². The van der Waals surface area contributed by atoms with Crippen LogP contribution in [0.15, 0.2) is 83.8 Å². The smallest absolute Gasteiger partial charge is 0.201 e. The number of benzene rings is 3. The Morgan fingerprint density at radius 2 is 1.65 bits per heavy atom. The van der Waals surface area contributed by atoms with Gasteiger partial charge in [-0.2, -0.15) is 0 Å². The first-order valence-electron chi connectivity index (χ1n) is 8.38. The number of nitrogens with one attached hydrogen (secondary N) is 1. The zero-order valence-electron chi connectivity index (χ0n) is 14.3. The Morgan fingerprint density at radius 3 is 2.35 bits per heavy atom. The summed E-state index contributed by atoms with van der Waals surface area (Å²) in [5.74, 6) is 1.48. The second kappa shape index (κ2) is 7.22. The van der Waals surface area contributed by atoms with Gasteiger partial charge in [-0.05, 0) is 42.0 Å². The Hall–Kier alpha value is -2.79. The molecule has 4 rings (SSSR count). The lowest BCUT2D eigenvalue weighted by Crippen LogP contribution is -2.31. The van der Waals surface area contributed by atoms with Crippen LogP contribution in [0.25, 0.3) is 0 Å². The monoisotopic (exact) mass is 365 g/mol. The van der Waals surface area contributed by atoms with Crippen molar-refractivity contribution in [3.8, 4) is 11.5 Å². The summed E-state index contributed by atoms with van der Waals surface area (Å²) in [4.78, 5) is 0.745. The summed E-state index contributed by atoms with van der Waals surface area (Å²) in [6.45, 7) is 0. The molecule has 0 bridgehead atoms. The summed E-state index contributed by atoms with van der Waals surface area (Å²) in [6, 6.07) is 24.9. The van der Waals surface area contributed by atoms with Crippen molar-refractivity contribution in [3.63, 3.8) is 0 Å². The van der Waals surface area contributed by atoms with Crippen molar-refractivity contribution in [1.29, 1.82) is 0 Å². The van der Waals surface area contributed by atoms with Crippen molar-refractivity contribution in [2.45, 2.75) is 16.4 Å². The lowest BCUT2D eigenvalue weighted by atomic mass is 10.1. The van der Waals surface area contributed by atoms with Crippen molar-refractivity contribution in [1.82, 2.24) is 0 Å². The third-order valence-electron chi connectivity index (χ3n) is 4.36. The highest BCUT2D eigenvalue weighted by Crippen LogP contribution is 2.39. The molecule has 0 fully saturated rings. The second-order valence-electron chi connectivity index (χ2n) is 5.99. The number of hydrogen-bond donors (Lipinski definition) is 1. The molecule has 0 amide bonds. The number of methoxy groups -OCH3 is 1. The van der Waals surface area contributed by atoms with Gasteiger partial charge in [-0.3, -0.25) is 4.21 Å². The normalized spacial score (nSPS) is 19.3. The number of para-hydroxylation sites is 1. The largest absolute Gasteiger partial charge is 0.497 e. The molecule has 132 valence electrons. The fourth-order valence-corrected chi connectivity index (χ4v) is 4.48. The van der Waals surface area contributed by atoms with Gasteiger partial charge >= 0.3 is 0 Å². The van der Waals surface area contributed by atoms with Crippen LogP contribution in [-0.4, -0.2) is 16.8 Å². The Labute approximate surface area is 155 Å². The van der Waals surface area contributed by atoms with Gasteiger partial charge < -0.3 is 14.8 Å². The van der Waals surface area contributed by atoms with E-state index in [0.717, 1.165) is 21.9 Å². The summed E-state index contributed by atoms with van der Waals surface area (Å²) in [5, 5.41) is 3.48. The van der Waals surface area contributed by atoms with Crippen molar-refractivity contribution < 1.29 is 13.7 Å². The fourth-order valence-electron chi connectivity index (χ4n) is 3.04. The van der Waals surface area contributed by atoms with Crippen LogP contribution in [0.4, 0.5) is 5.69 Å². The summed E-state index contributed by atoms with van der Waals surface area (Å²) < 4.78 is 24.3. The highest BCUT2D eigenvalue weighted by molar-refractivity contribution is 7.86. The molecule has 26 heavy (non-hydrogen) atoms. The first-order valence-corrected chi connectivity index (χ1v) is 9.59. The molecule has 0 aromatic heterocycles. The van der Waals surface area contributed by atoms with Crippen molar-refractivity contribution >= 4 is 16.5 Å². The summed E-state index contributed by atoms with van der Waals surface area (Å²) in [5.41, 5.74) is 1.43. The molecule has 0 saturated carbocycles. The Morgan fingerprint density at radius 1 is 0.962 bits per heavy atom. The van der Waals surface area contributed by atoms with E-state index in [4.69, 9.17) is 9.47 Å². The Bertz CT molecular complexity index is 912. The van der Waals surface area contributed by atoms with Crippen LogP contribution < -0.4 is 14.8 Å². The van der Waals surface area contributed by atoms with E-state index in [1.807, 2.05) is 78.9 Å². The van der Waals surface area contributed by atoms with Gasteiger partial charge in [0, 0.05) is 5.69 Å². The Balaban J connectivity index is 1.67. The zero-order valence-corrected chi connectivity index (χ0v) is 15.1. The predicted molar refractivity (Wildman–Crippen MR) is 103 cm³/mol. The maximum Gasteiger partial charge on any atom is 0.201 e. The van der Waals surface area contributed by atoms with Gasteiger partial charge in [-0.1, -0.05) is 42.5 Å². The van der Waals surface area contributed by atoms with E-state index in [1.54, 1.807) is 7.11 Å². The molecule has 3 aromatic carbocycles. The molecule has 1 N–H and O–H groups in total. The molecule has 1 aliphatic rings. The third-order valence-corrected chi connectivity index (χ3v) is 5.92. The van der Waals surface area contributed by atoms with E-state index in [9.17, 15) is 4.21 Å². The number of ether oxygens (including phenoxy) is 2. The molecular formula is C21H19NO3S. The summed E-state index contributed by atoms with van der Waals surface area (Å²) >= 11 is 0. The van der Waals surface area contributed by atoms with Gasteiger partial charge in [0.15, 0.2) is 0 Å². The lowest BCUT2D eigenvalue weighted by Gasteiger charge is -2.25. The van der Waals surface area contributed by atoms with Crippen LogP contribution in [0.5, 0.6) is 11.5 Å². The predicted octanol–water partition coefficient (Wildman–Crippen LogP) is 4.37. The number of fused-ring (bicyclic) bond motifs is 1. The van der Waals surface area contributed by atoms with Gasteiger partial charge in [0.1, 0.15) is 28.3 Å². The topological polar surface area (TPSA) is 47.6 Å². The highest BCUT2D eigenvalue weighted by Gasteiger charge is 2.38. The summed E-state index contributed by atoms with van der Waals surface area (Å²) in [6.07, 6.45) is 0. The molecule has 0 saturated heterocycles. The molecule has 1 aliphatic heterocycles. The quantitative estimate of drug-likeness (QED) is 0.729. The van der Waals surface area contributed by atoms with Gasteiger partial charge in [0.25, 0.3) is 0 Å². The number of anilines is 1. The minimum Gasteiger partial charge on any atom is -0.497 e.